The summed E-state index contributed by atoms with van der Waals surface area (Å²) in [7, 11) is 0. The molecule has 2 saturated heterocycles. The number of nitrogens with zero attached hydrogens (tertiary/aromatic N) is 2. The highest BCUT2D eigenvalue weighted by molar-refractivity contribution is 9.11. The number of esters is 1. The number of cyclic esters (lactones) is 1. The monoisotopic (exact) mass is 609 g/mol. The van der Waals surface area contributed by atoms with Crippen LogP contribution >= 0.6 is 15.9 Å². The van der Waals surface area contributed by atoms with Gasteiger partial charge in [-0.1, -0.05) is 41.4 Å². The SMILES string of the molecule is CCCCN1C/C=C\CCC(=O)NC[C@@H](C)OC(=O)[C@@H]2[C@H]3O[C@@]4(C=C3Br)[C@H](C1=O)N(CCCCCO)C(=O)[C@@H]24. The van der Waals surface area contributed by atoms with E-state index in [4.69, 9.17) is 9.47 Å². The van der Waals surface area contributed by atoms with Crippen LogP contribution in [0.2, 0.25) is 0 Å². The van der Waals surface area contributed by atoms with Crippen molar-refractivity contribution in [2.75, 3.05) is 32.8 Å². The Morgan fingerprint density at radius 2 is 1.90 bits per heavy atom. The minimum atomic E-state index is -1.28. The first kappa shape index (κ1) is 29.7. The summed E-state index contributed by atoms with van der Waals surface area (Å²) in [6, 6.07) is -0.916. The van der Waals surface area contributed by atoms with Crippen molar-refractivity contribution in [3.05, 3.63) is 22.7 Å². The van der Waals surface area contributed by atoms with E-state index < -0.39 is 41.7 Å². The largest absolute Gasteiger partial charge is 0.460 e. The number of unbranched alkanes of at least 4 members (excludes halogenated alkanes) is 3. The van der Waals surface area contributed by atoms with Gasteiger partial charge in [0.25, 0.3) is 0 Å². The fraction of sp³-hybridized carbons (Fsp3) is 0.714. The second kappa shape index (κ2) is 13.0. The van der Waals surface area contributed by atoms with Crippen molar-refractivity contribution < 1.29 is 33.8 Å². The zero-order valence-corrected chi connectivity index (χ0v) is 24.4. The van der Waals surface area contributed by atoms with E-state index in [1.807, 2.05) is 18.2 Å². The number of allylic oxidation sites excluding steroid dienone is 1. The van der Waals surface area contributed by atoms with Crippen LogP contribution in [0.3, 0.4) is 0 Å². The molecule has 2 N–H and O–H groups in total. The lowest BCUT2D eigenvalue weighted by atomic mass is 9.74. The molecule has 0 radical (unpaired) electrons. The molecular formula is C28H40BrN3O7. The maximum absolute atomic E-state index is 14.3. The van der Waals surface area contributed by atoms with Gasteiger partial charge in [0.15, 0.2) is 0 Å². The van der Waals surface area contributed by atoms with Crippen LogP contribution in [-0.4, -0.2) is 95.2 Å². The molecule has 6 atom stereocenters. The van der Waals surface area contributed by atoms with Gasteiger partial charge in [-0.15, -0.1) is 0 Å². The lowest BCUT2D eigenvalue weighted by molar-refractivity contribution is -0.158. The van der Waals surface area contributed by atoms with Gasteiger partial charge in [0, 0.05) is 37.1 Å². The molecule has 0 unspecified atom stereocenters. The Morgan fingerprint density at radius 3 is 2.64 bits per heavy atom. The molecule has 3 amide bonds. The fourth-order valence-corrected chi connectivity index (χ4v) is 6.82. The van der Waals surface area contributed by atoms with Gasteiger partial charge in [-0.05, 0) is 45.1 Å². The van der Waals surface area contributed by atoms with E-state index >= 15 is 0 Å². The molecule has 4 aliphatic rings. The number of hydrogen-bond acceptors (Lipinski definition) is 7. The standard InChI is InChI=1S/C28H40BrN3O7/c1-3-4-12-31-13-8-5-7-11-20(34)30-17-18(2)38-27(37)21-22-25(35)32(14-9-6-10-15-33)24(26(31)36)28(22)16-19(29)23(21)39-28/h5,8,16,18,21-24,33H,3-4,6-7,9-15,17H2,1-2H3,(H,30,34)/b8-5-/t18-,21+,22-,23+,24+,28-/m1/s1. The van der Waals surface area contributed by atoms with E-state index in [0.29, 0.717) is 56.2 Å². The Kier molecular flexibility index (Phi) is 9.87. The number of ether oxygens (including phenoxy) is 2. The van der Waals surface area contributed by atoms with Gasteiger partial charge in [0.2, 0.25) is 17.7 Å². The second-order valence-electron chi connectivity index (χ2n) is 10.8. The second-order valence-corrected chi connectivity index (χ2v) is 11.8. The molecule has 2 fully saturated rings. The minimum Gasteiger partial charge on any atom is -0.460 e. The van der Waals surface area contributed by atoms with Gasteiger partial charge >= 0.3 is 5.97 Å². The molecule has 1 spiro atoms. The molecule has 216 valence electrons. The summed E-state index contributed by atoms with van der Waals surface area (Å²) in [4.78, 5) is 57.5. The molecule has 4 rings (SSSR count). The van der Waals surface area contributed by atoms with E-state index in [0.717, 1.165) is 12.8 Å². The zero-order valence-electron chi connectivity index (χ0n) is 22.8. The quantitative estimate of drug-likeness (QED) is 0.245. The molecule has 0 aromatic heterocycles. The van der Waals surface area contributed by atoms with Crippen LogP contribution in [0.4, 0.5) is 0 Å². The number of amides is 3. The molecule has 10 nitrogen and oxygen atoms in total. The van der Waals surface area contributed by atoms with Gasteiger partial charge in [0.1, 0.15) is 29.8 Å². The number of hydrogen-bond donors (Lipinski definition) is 2. The highest BCUT2D eigenvalue weighted by Gasteiger charge is 2.74. The molecule has 0 aromatic carbocycles. The van der Waals surface area contributed by atoms with Crippen LogP contribution < -0.4 is 5.32 Å². The highest BCUT2D eigenvalue weighted by Crippen LogP contribution is 2.58. The first-order valence-electron chi connectivity index (χ1n) is 14.1. The minimum absolute atomic E-state index is 0.0625. The number of halogens is 1. The first-order valence-corrected chi connectivity index (χ1v) is 14.9. The smallest absolute Gasteiger partial charge is 0.313 e. The van der Waals surface area contributed by atoms with E-state index in [1.165, 1.54) is 0 Å². The molecule has 5 bridgehead atoms. The van der Waals surface area contributed by atoms with Crippen LogP contribution in [0.1, 0.15) is 58.8 Å². The van der Waals surface area contributed by atoms with Crippen LogP contribution in [0.5, 0.6) is 0 Å². The third-order valence-electron chi connectivity index (χ3n) is 8.02. The maximum Gasteiger partial charge on any atom is 0.313 e. The van der Waals surface area contributed by atoms with Crippen molar-refractivity contribution >= 4 is 39.6 Å². The number of carbonyl (C=O) groups excluding carboxylic acids is 4. The first-order chi connectivity index (χ1) is 18.7. The topological polar surface area (TPSA) is 125 Å². The average Bonchev–Trinajstić information content (AvgIpc) is 3.49. The van der Waals surface area contributed by atoms with Gasteiger partial charge < -0.3 is 29.7 Å². The van der Waals surface area contributed by atoms with Crippen LogP contribution in [0, 0.1) is 11.8 Å². The maximum atomic E-state index is 14.3. The van der Waals surface area contributed by atoms with Crippen molar-refractivity contribution in [2.45, 2.75) is 82.6 Å². The molecule has 4 aliphatic heterocycles. The Hall–Kier alpha value is -2.24. The highest BCUT2D eigenvalue weighted by atomic mass is 79.9. The van der Waals surface area contributed by atoms with Gasteiger partial charge in [0.05, 0.1) is 12.5 Å². The number of aliphatic hydroxyl groups is 1. The molecule has 0 saturated carbocycles. The van der Waals surface area contributed by atoms with E-state index in [-0.39, 0.29) is 30.9 Å². The van der Waals surface area contributed by atoms with Crippen molar-refractivity contribution in [1.29, 1.82) is 0 Å². The number of fused-ring (bicyclic) bond motifs is 2. The number of likely N-dealkylation sites (tertiary alicyclic amines) is 1. The average molecular weight is 611 g/mol. The van der Waals surface area contributed by atoms with Crippen LogP contribution in [0.15, 0.2) is 22.7 Å². The normalized spacial score (nSPS) is 34.2. The van der Waals surface area contributed by atoms with Crippen LogP contribution in [0.25, 0.3) is 0 Å². The zero-order chi connectivity index (χ0) is 28.2. The summed E-state index contributed by atoms with van der Waals surface area (Å²) in [5.41, 5.74) is -1.28. The molecular weight excluding hydrogens is 570 g/mol. The summed E-state index contributed by atoms with van der Waals surface area (Å²) >= 11 is 3.55. The molecule has 0 aliphatic carbocycles. The lowest BCUT2D eigenvalue weighted by Crippen LogP contribution is -2.56. The van der Waals surface area contributed by atoms with Crippen molar-refractivity contribution in [3.63, 3.8) is 0 Å². The molecule has 39 heavy (non-hydrogen) atoms. The third kappa shape index (κ3) is 5.95. The number of carbonyl (C=O) groups is 4. The predicted octanol–water partition coefficient (Wildman–Crippen LogP) is 2.05. The summed E-state index contributed by atoms with van der Waals surface area (Å²) < 4.78 is 12.8. The Labute approximate surface area is 238 Å². The lowest BCUT2D eigenvalue weighted by Gasteiger charge is -2.36. The summed E-state index contributed by atoms with van der Waals surface area (Å²) in [6.45, 7) is 5.17. The van der Waals surface area contributed by atoms with Crippen LogP contribution in [-0.2, 0) is 28.7 Å². The number of nitrogens with one attached hydrogen (secondary N) is 1. The van der Waals surface area contributed by atoms with Crippen molar-refractivity contribution in [2.24, 2.45) is 11.8 Å². The number of rotatable bonds is 8. The summed E-state index contributed by atoms with van der Waals surface area (Å²) in [5, 5.41) is 12.0. The van der Waals surface area contributed by atoms with Crippen molar-refractivity contribution in [1.82, 2.24) is 15.1 Å². The van der Waals surface area contributed by atoms with E-state index in [1.54, 1.807) is 16.7 Å². The Morgan fingerprint density at radius 1 is 1.10 bits per heavy atom. The number of aliphatic hydroxyl groups excluding tert-OH is 1. The Balaban J connectivity index is 1.74. The summed E-state index contributed by atoms with van der Waals surface area (Å²) in [5.74, 6) is -3.02. The van der Waals surface area contributed by atoms with Gasteiger partial charge in [-0.3, -0.25) is 19.2 Å². The third-order valence-corrected chi connectivity index (χ3v) is 8.70. The Bertz CT molecular complexity index is 1020. The van der Waals surface area contributed by atoms with E-state index in [2.05, 4.69) is 28.2 Å². The molecule has 4 heterocycles. The van der Waals surface area contributed by atoms with Crippen molar-refractivity contribution in [3.8, 4) is 0 Å². The summed E-state index contributed by atoms with van der Waals surface area (Å²) in [6.07, 6.45) is 8.72. The van der Waals surface area contributed by atoms with Gasteiger partial charge in [-0.2, -0.15) is 0 Å². The predicted molar refractivity (Wildman–Crippen MR) is 146 cm³/mol. The molecule has 0 aromatic rings. The molecule has 11 heteroatoms. The fourth-order valence-electron chi connectivity index (χ4n) is 6.09. The van der Waals surface area contributed by atoms with E-state index in [9.17, 15) is 24.3 Å². The van der Waals surface area contributed by atoms with Gasteiger partial charge in [-0.25, -0.2) is 0 Å².